The Balaban J connectivity index is 2.37. The summed E-state index contributed by atoms with van der Waals surface area (Å²) < 4.78 is 7.35. The van der Waals surface area contributed by atoms with Gasteiger partial charge in [0.2, 0.25) is 5.88 Å². The van der Waals surface area contributed by atoms with Gasteiger partial charge in [-0.05, 0) is 18.3 Å². The van der Waals surface area contributed by atoms with Crippen LogP contribution in [-0.4, -0.2) is 16.9 Å². The molecule has 0 saturated heterocycles. The Kier molecular flexibility index (Phi) is 2.05. The van der Waals surface area contributed by atoms with Crippen LogP contribution in [0.15, 0.2) is 6.20 Å². The molecular weight excluding hydrogens is 176 g/mol. The van der Waals surface area contributed by atoms with E-state index in [1.165, 1.54) is 18.4 Å². The normalized spacial score (nSPS) is 17.1. The summed E-state index contributed by atoms with van der Waals surface area (Å²) >= 11 is 0. The summed E-state index contributed by atoms with van der Waals surface area (Å²) in [6, 6.07) is 0.625. The van der Waals surface area contributed by atoms with Gasteiger partial charge in [0.15, 0.2) is 0 Å². The molecule has 0 atom stereocenters. The fourth-order valence-corrected chi connectivity index (χ4v) is 1.57. The zero-order chi connectivity index (χ0) is 10.3. The molecule has 0 aliphatic heterocycles. The summed E-state index contributed by atoms with van der Waals surface area (Å²) in [4.78, 5) is 0. The zero-order valence-electron chi connectivity index (χ0n) is 9.37. The second-order valence-corrected chi connectivity index (χ2v) is 5.01. The molecule has 0 radical (unpaired) electrons. The van der Waals surface area contributed by atoms with Crippen LogP contribution in [0.3, 0.4) is 0 Å². The molecule has 0 N–H and O–H groups in total. The Morgan fingerprint density at radius 3 is 2.43 bits per heavy atom. The van der Waals surface area contributed by atoms with Crippen LogP contribution in [0.25, 0.3) is 0 Å². The third kappa shape index (κ3) is 1.63. The molecule has 3 heteroatoms. The summed E-state index contributed by atoms with van der Waals surface area (Å²) in [5.74, 6) is 0.782. The molecule has 1 heterocycles. The SMILES string of the molecule is COc1nn(C2CC2)cc1C(C)(C)C. The van der Waals surface area contributed by atoms with E-state index in [0.29, 0.717) is 6.04 Å². The van der Waals surface area contributed by atoms with Gasteiger partial charge in [0.1, 0.15) is 0 Å². The Labute approximate surface area is 85.1 Å². The molecule has 0 unspecified atom stereocenters. The average Bonchev–Trinajstić information content (AvgIpc) is 2.83. The van der Waals surface area contributed by atoms with Crippen LogP contribution in [0.2, 0.25) is 0 Å². The van der Waals surface area contributed by atoms with Crippen LogP contribution in [-0.2, 0) is 5.41 Å². The fourth-order valence-electron chi connectivity index (χ4n) is 1.57. The van der Waals surface area contributed by atoms with Gasteiger partial charge in [0.05, 0.1) is 13.2 Å². The van der Waals surface area contributed by atoms with Gasteiger partial charge in [-0.3, -0.25) is 4.68 Å². The molecule has 1 aromatic heterocycles. The Morgan fingerprint density at radius 2 is 2.07 bits per heavy atom. The van der Waals surface area contributed by atoms with Gasteiger partial charge < -0.3 is 4.74 Å². The lowest BCUT2D eigenvalue weighted by Crippen LogP contribution is -2.11. The molecule has 14 heavy (non-hydrogen) atoms. The highest BCUT2D eigenvalue weighted by Gasteiger charge is 2.29. The van der Waals surface area contributed by atoms with E-state index in [-0.39, 0.29) is 5.41 Å². The van der Waals surface area contributed by atoms with Crippen molar-refractivity contribution in [1.29, 1.82) is 0 Å². The average molecular weight is 194 g/mol. The topological polar surface area (TPSA) is 27.1 Å². The lowest BCUT2D eigenvalue weighted by atomic mass is 9.89. The van der Waals surface area contributed by atoms with Crippen LogP contribution < -0.4 is 4.74 Å². The zero-order valence-corrected chi connectivity index (χ0v) is 9.37. The molecule has 1 fully saturated rings. The minimum Gasteiger partial charge on any atom is -0.480 e. The van der Waals surface area contributed by atoms with Crippen LogP contribution in [0, 0.1) is 0 Å². The van der Waals surface area contributed by atoms with Gasteiger partial charge in [0.25, 0.3) is 0 Å². The molecule has 78 valence electrons. The Morgan fingerprint density at radius 1 is 1.43 bits per heavy atom. The predicted molar refractivity (Wildman–Crippen MR) is 55.8 cm³/mol. The van der Waals surface area contributed by atoms with Crippen molar-refractivity contribution in [2.75, 3.05) is 7.11 Å². The van der Waals surface area contributed by atoms with E-state index in [1.807, 2.05) is 0 Å². The van der Waals surface area contributed by atoms with E-state index in [9.17, 15) is 0 Å². The molecule has 1 aliphatic rings. The molecule has 0 aromatic carbocycles. The van der Waals surface area contributed by atoms with Crippen molar-refractivity contribution in [2.45, 2.75) is 45.1 Å². The third-order valence-electron chi connectivity index (χ3n) is 2.62. The van der Waals surface area contributed by atoms with Crippen LogP contribution in [0.1, 0.15) is 45.2 Å². The summed E-state index contributed by atoms with van der Waals surface area (Å²) in [6.07, 6.45) is 4.65. The molecule has 0 amide bonds. The highest BCUT2D eigenvalue weighted by Crippen LogP contribution is 2.38. The van der Waals surface area contributed by atoms with E-state index >= 15 is 0 Å². The highest BCUT2D eigenvalue weighted by atomic mass is 16.5. The quantitative estimate of drug-likeness (QED) is 0.723. The largest absolute Gasteiger partial charge is 0.480 e. The summed E-state index contributed by atoms with van der Waals surface area (Å²) in [5, 5.41) is 4.45. The molecule has 3 nitrogen and oxygen atoms in total. The Hall–Kier alpha value is -0.990. The number of aromatic nitrogens is 2. The van der Waals surface area contributed by atoms with E-state index in [1.54, 1.807) is 7.11 Å². The lowest BCUT2D eigenvalue weighted by molar-refractivity contribution is 0.376. The van der Waals surface area contributed by atoms with E-state index in [0.717, 1.165) is 5.88 Å². The van der Waals surface area contributed by atoms with Crippen molar-refractivity contribution in [1.82, 2.24) is 9.78 Å². The first-order valence-electron chi connectivity index (χ1n) is 5.16. The van der Waals surface area contributed by atoms with Gasteiger partial charge in [0, 0.05) is 11.8 Å². The number of methoxy groups -OCH3 is 1. The lowest BCUT2D eigenvalue weighted by Gasteiger charge is -2.16. The first-order chi connectivity index (χ1) is 6.52. The number of nitrogens with zero attached hydrogens (tertiary/aromatic N) is 2. The minimum atomic E-state index is 0.110. The smallest absolute Gasteiger partial charge is 0.236 e. The van der Waals surface area contributed by atoms with Crippen molar-refractivity contribution in [3.05, 3.63) is 11.8 Å². The van der Waals surface area contributed by atoms with Gasteiger partial charge >= 0.3 is 0 Å². The standard InChI is InChI=1S/C11H18N2O/c1-11(2,3)9-7-13(8-5-6-8)12-10(9)14-4/h7-8H,5-6H2,1-4H3. The maximum atomic E-state index is 5.30. The second kappa shape index (κ2) is 3.01. The van der Waals surface area contributed by atoms with Crippen molar-refractivity contribution >= 4 is 0 Å². The maximum Gasteiger partial charge on any atom is 0.236 e. The summed E-state index contributed by atoms with van der Waals surface area (Å²) in [6.45, 7) is 6.55. The van der Waals surface area contributed by atoms with Gasteiger partial charge in [-0.25, -0.2) is 0 Å². The fraction of sp³-hybridized carbons (Fsp3) is 0.727. The van der Waals surface area contributed by atoms with Crippen LogP contribution in [0.5, 0.6) is 5.88 Å². The summed E-state index contributed by atoms with van der Waals surface area (Å²) in [7, 11) is 1.69. The molecule has 0 spiro atoms. The van der Waals surface area contributed by atoms with Crippen LogP contribution in [0.4, 0.5) is 0 Å². The molecule has 1 saturated carbocycles. The Bertz CT molecular complexity index is 332. The number of hydrogen-bond acceptors (Lipinski definition) is 2. The van der Waals surface area contributed by atoms with Gasteiger partial charge in [-0.15, -0.1) is 5.10 Å². The van der Waals surface area contributed by atoms with Crippen molar-refractivity contribution in [2.24, 2.45) is 0 Å². The molecular formula is C11H18N2O. The van der Waals surface area contributed by atoms with E-state index in [2.05, 4.69) is 36.7 Å². The van der Waals surface area contributed by atoms with E-state index in [4.69, 9.17) is 4.74 Å². The van der Waals surface area contributed by atoms with Crippen molar-refractivity contribution < 1.29 is 4.74 Å². The van der Waals surface area contributed by atoms with Crippen molar-refractivity contribution in [3.63, 3.8) is 0 Å². The summed E-state index contributed by atoms with van der Waals surface area (Å²) in [5.41, 5.74) is 1.31. The van der Waals surface area contributed by atoms with Gasteiger partial charge in [-0.1, -0.05) is 20.8 Å². The molecule has 1 aliphatic carbocycles. The first-order valence-corrected chi connectivity index (χ1v) is 5.16. The first kappa shape index (κ1) is 9.56. The second-order valence-electron chi connectivity index (χ2n) is 5.01. The highest BCUT2D eigenvalue weighted by molar-refractivity contribution is 5.30. The number of ether oxygens (including phenoxy) is 1. The molecule has 2 rings (SSSR count). The number of hydrogen-bond donors (Lipinski definition) is 0. The molecule has 0 bridgehead atoms. The number of rotatable bonds is 2. The minimum absolute atomic E-state index is 0.110. The van der Waals surface area contributed by atoms with E-state index < -0.39 is 0 Å². The maximum absolute atomic E-state index is 5.30. The van der Waals surface area contributed by atoms with Crippen molar-refractivity contribution in [3.8, 4) is 5.88 Å². The monoisotopic (exact) mass is 194 g/mol. The van der Waals surface area contributed by atoms with Gasteiger partial charge in [-0.2, -0.15) is 0 Å². The third-order valence-corrected chi connectivity index (χ3v) is 2.62. The predicted octanol–water partition coefficient (Wildman–Crippen LogP) is 2.52. The van der Waals surface area contributed by atoms with Crippen LogP contribution >= 0.6 is 0 Å². The molecule has 1 aromatic rings.